The maximum absolute atomic E-state index is 12.0. The number of nitrogens with one attached hydrogen (secondary N) is 1. The van der Waals surface area contributed by atoms with Gasteiger partial charge in [0.15, 0.2) is 0 Å². The van der Waals surface area contributed by atoms with E-state index in [1.54, 1.807) is 35.6 Å². The Morgan fingerprint density at radius 1 is 1.35 bits per heavy atom. The lowest BCUT2D eigenvalue weighted by Gasteiger charge is -2.04. The number of carbonyl (C=O) groups is 1. The van der Waals surface area contributed by atoms with E-state index in [9.17, 15) is 4.79 Å². The molecule has 0 aliphatic heterocycles. The molecule has 2 aromatic rings. The van der Waals surface area contributed by atoms with Crippen molar-refractivity contribution in [1.82, 2.24) is 5.32 Å². The third kappa shape index (κ3) is 4.20. The molecule has 2 N–H and O–H groups in total. The van der Waals surface area contributed by atoms with Crippen molar-refractivity contribution in [1.29, 1.82) is 0 Å². The smallest absolute Gasteiger partial charge is 0.251 e. The van der Waals surface area contributed by atoms with Crippen molar-refractivity contribution in [2.45, 2.75) is 6.54 Å². The second kappa shape index (κ2) is 7.25. The third-order valence-corrected chi connectivity index (χ3v) is 4.11. The maximum atomic E-state index is 12.0. The van der Waals surface area contributed by atoms with E-state index in [2.05, 4.69) is 33.1 Å². The number of rotatable bonds is 3. The molecule has 0 fully saturated rings. The van der Waals surface area contributed by atoms with Crippen LogP contribution >= 0.6 is 27.3 Å². The summed E-state index contributed by atoms with van der Waals surface area (Å²) < 4.78 is 1.04. The van der Waals surface area contributed by atoms with E-state index in [1.807, 2.05) is 12.1 Å². The van der Waals surface area contributed by atoms with Crippen LogP contribution in [0.1, 0.15) is 20.8 Å². The molecule has 0 radical (unpaired) electrons. The number of hydrogen-bond acceptors (Lipinski definition) is 3. The van der Waals surface area contributed by atoms with Crippen LogP contribution in [0.4, 0.5) is 0 Å². The monoisotopic (exact) mass is 349 g/mol. The number of aliphatic hydroxyl groups excluding tert-OH is 1. The Bertz CT molecular complexity index is 670. The van der Waals surface area contributed by atoms with Gasteiger partial charge in [-0.05, 0) is 46.3 Å². The van der Waals surface area contributed by atoms with Gasteiger partial charge in [-0.2, -0.15) is 0 Å². The van der Waals surface area contributed by atoms with Crippen LogP contribution in [0, 0.1) is 11.8 Å². The fourth-order valence-corrected chi connectivity index (χ4v) is 3.02. The van der Waals surface area contributed by atoms with Gasteiger partial charge in [0.1, 0.15) is 6.61 Å². The van der Waals surface area contributed by atoms with Crippen molar-refractivity contribution in [3.8, 4) is 11.8 Å². The molecule has 1 aromatic heterocycles. The van der Waals surface area contributed by atoms with Crippen LogP contribution in [0.5, 0.6) is 0 Å². The summed E-state index contributed by atoms with van der Waals surface area (Å²) in [6, 6.07) is 11.0. The van der Waals surface area contributed by atoms with Crippen molar-refractivity contribution in [3.63, 3.8) is 0 Å². The van der Waals surface area contributed by atoms with E-state index < -0.39 is 0 Å². The van der Waals surface area contributed by atoms with Gasteiger partial charge in [-0.3, -0.25) is 4.79 Å². The number of amides is 1. The largest absolute Gasteiger partial charge is 0.384 e. The van der Waals surface area contributed by atoms with E-state index in [1.165, 1.54) is 0 Å². The van der Waals surface area contributed by atoms with Crippen LogP contribution in [-0.2, 0) is 6.54 Å². The summed E-state index contributed by atoms with van der Waals surface area (Å²) in [7, 11) is 0. The molecule has 0 bridgehead atoms. The second-order valence-corrected chi connectivity index (χ2v) is 6.48. The van der Waals surface area contributed by atoms with Crippen LogP contribution in [0.15, 0.2) is 40.2 Å². The van der Waals surface area contributed by atoms with E-state index in [4.69, 9.17) is 5.11 Å². The van der Waals surface area contributed by atoms with Crippen LogP contribution in [-0.4, -0.2) is 17.6 Å². The van der Waals surface area contributed by atoms with Crippen molar-refractivity contribution < 1.29 is 9.90 Å². The van der Waals surface area contributed by atoms with Gasteiger partial charge in [0.25, 0.3) is 5.91 Å². The highest BCUT2D eigenvalue weighted by atomic mass is 79.9. The number of halogens is 1. The summed E-state index contributed by atoms with van der Waals surface area (Å²) in [5.74, 6) is 5.21. The minimum atomic E-state index is -0.191. The lowest BCUT2D eigenvalue weighted by molar-refractivity contribution is 0.0951. The molecule has 102 valence electrons. The summed E-state index contributed by atoms with van der Waals surface area (Å²) in [5, 5.41) is 11.5. The number of thiophene rings is 1. The lowest BCUT2D eigenvalue weighted by Crippen LogP contribution is -2.22. The van der Waals surface area contributed by atoms with Crippen molar-refractivity contribution in [3.05, 3.63) is 56.2 Å². The molecule has 0 saturated heterocycles. The quantitative estimate of drug-likeness (QED) is 0.837. The molecule has 0 spiro atoms. The van der Waals surface area contributed by atoms with Crippen LogP contribution in [0.3, 0.4) is 0 Å². The Morgan fingerprint density at radius 2 is 2.20 bits per heavy atom. The molecule has 2 rings (SSSR count). The Morgan fingerprint density at radius 3 is 2.90 bits per heavy atom. The van der Waals surface area contributed by atoms with Gasteiger partial charge < -0.3 is 10.4 Å². The highest BCUT2D eigenvalue weighted by Gasteiger charge is 2.06. The second-order valence-electron chi connectivity index (χ2n) is 3.93. The first kappa shape index (κ1) is 14.8. The molecule has 5 heteroatoms. The number of carbonyl (C=O) groups excluding carboxylic acids is 1. The Hall–Kier alpha value is -1.61. The van der Waals surface area contributed by atoms with Gasteiger partial charge >= 0.3 is 0 Å². The minimum Gasteiger partial charge on any atom is -0.384 e. The standard InChI is InChI=1S/C15H12BrNO2S/c16-14-7-6-13(20-14)10-17-15(19)12-5-1-3-11(9-12)4-2-8-18/h1,3,5-7,9,18H,8,10H2,(H,17,19). The normalized spacial score (nSPS) is 9.70. The average molecular weight is 350 g/mol. The third-order valence-electron chi connectivity index (χ3n) is 2.49. The summed E-state index contributed by atoms with van der Waals surface area (Å²) in [5.41, 5.74) is 1.27. The molecular formula is C15H12BrNO2S. The Kier molecular flexibility index (Phi) is 5.36. The van der Waals surface area contributed by atoms with E-state index in [0.717, 1.165) is 8.66 Å². The first-order valence-electron chi connectivity index (χ1n) is 5.91. The van der Waals surface area contributed by atoms with Crippen LogP contribution < -0.4 is 5.32 Å². The van der Waals surface area contributed by atoms with Crippen LogP contribution in [0.25, 0.3) is 0 Å². The summed E-state index contributed by atoms with van der Waals surface area (Å²) in [4.78, 5) is 13.1. The minimum absolute atomic E-state index is 0.137. The maximum Gasteiger partial charge on any atom is 0.251 e. The zero-order valence-corrected chi connectivity index (χ0v) is 12.9. The van der Waals surface area contributed by atoms with Gasteiger partial charge in [0.2, 0.25) is 0 Å². The molecule has 20 heavy (non-hydrogen) atoms. The molecular weight excluding hydrogens is 338 g/mol. The van der Waals surface area contributed by atoms with Gasteiger partial charge in [-0.25, -0.2) is 0 Å². The highest BCUT2D eigenvalue weighted by molar-refractivity contribution is 9.11. The topological polar surface area (TPSA) is 49.3 Å². The Balaban J connectivity index is 2.01. The van der Waals surface area contributed by atoms with Gasteiger partial charge in [-0.15, -0.1) is 11.3 Å². The molecule has 1 amide bonds. The predicted octanol–water partition coefficient (Wildman–Crippen LogP) is 2.78. The van der Waals surface area contributed by atoms with Crippen LogP contribution in [0.2, 0.25) is 0 Å². The SMILES string of the molecule is O=C(NCc1ccc(Br)s1)c1cccc(C#CCO)c1. The molecule has 3 nitrogen and oxygen atoms in total. The fraction of sp³-hybridized carbons (Fsp3) is 0.133. The number of aliphatic hydroxyl groups is 1. The molecule has 0 aliphatic rings. The zero-order valence-electron chi connectivity index (χ0n) is 10.5. The zero-order chi connectivity index (χ0) is 14.4. The summed E-state index contributed by atoms with van der Waals surface area (Å²) in [6.45, 7) is 0.311. The van der Waals surface area contributed by atoms with Crippen molar-refractivity contribution >= 4 is 33.2 Å². The van der Waals surface area contributed by atoms with E-state index in [-0.39, 0.29) is 12.5 Å². The van der Waals surface area contributed by atoms with Crippen molar-refractivity contribution in [2.24, 2.45) is 0 Å². The average Bonchev–Trinajstić information content (AvgIpc) is 2.88. The number of benzene rings is 1. The molecule has 1 aromatic carbocycles. The molecule has 0 saturated carbocycles. The molecule has 1 heterocycles. The van der Waals surface area contributed by atoms with Crippen molar-refractivity contribution in [2.75, 3.05) is 6.61 Å². The van der Waals surface area contributed by atoms with E-state index in [0.29, 0.717) is 17.7 Å². The molecule has 0 unspecified atom stereocenters. The Labute approximate surface area is 129 Å². The molecule has 0 atom stereocenters. The highest BCUT2D eigenvalue weighted by Crippen LogP contribution is 2.21. The first-order chi connectivity index (χ1) is 9.69. The lowest BCUT2D eigenvalue weighted by atomic mass is 10.1. The van der Waals surface area contributed by atoms with Gasteiger partial charge in [0, 0.05) is 16.0 Å². The molecule has 0 aliphatic carbocycles. The summed E-state index contributed by atoms with van der Waals surface area (Å²) in [6.07, 6.45) is 0. The van der Waals surface area contributed by atoms with Gasteiger partial charge in [0.05, 0.1) is 10.3 Å². The first-order valence-corrected chi connectivity index (χ1v) is 7.52. The number of hydrogen-bond donors (Lipinski definition) is 2. The van der Waals surface area contributed by atoms with E-state index >= 15 is 0 Å². The predicted molar refractivity (Wildman–Crippen MR) is 83.6 cm³/mol. The summed E-state index contributed by atoms with van der Waals surface area (Å²) >= 11 is 4.98. The fourth-order valence-electron chi connectivity index (χ4n) is 1.60. The van der Waals surface area contributed by atoms with Gasteiger partial charge in [-0.1, -0.05) is 17.9 Å².